The number of amides is 2. The van der Waals surface area contributed by atoms with Crippen molar-refractivity contribution < 1.29 is 23.9 Å². The van der Waals surface area contributed by atoms with Crippen molar-refractivity contribution in [3.63, 3.8) is 0 Å². The molecule has 1 aliphatic rings. The van der Waals surface area contributed by atoms with Crippen LogP contribution < -0.4 is 10.6 Å². The third kappa shape index (κ3) is 3.53. The molecule has 1 heterocycles. The van der Waals surface area contributed by atoms with Crippen molar-refractivity contribution in [1.82, 2.24) is 10.2 Å². The zero-order valence-electron chi connectivity index (χ0n) is 13.5. The highest BCUT2D eigenvalue weighted by atomic mass is 19.1. The molecule has 2 amide bonds. The third-order valence-electron chi connectivity index (χ3n) is 3.65. The van der Waals surface area contributed by atoms with Gasteiger partial charge in [-0.1, -0.05) is 0 Å². The molecule has 1 aromatic carbocycles. The first-order valence-corrected chi connectivity index (χ1v) is 7.16. The second-order valence-corrected chi connectivity index (χ2v) is 6.02. The van der Waals surface area contributed by atoms with Gasteiger partial charge in [-0.05, 0) is 25.1 Å². The molecule has 128 valence electrons. The van der Waals surface area contributed by atoms with Crippen LogP contribution in [0.3, 0.4) is 0 Å². The Kier molecular flexibility index (Phi) is 4.59. The number of nitrogens with one attached hydrogen (secondary N) is 2. The standard InChI is InChI=1S/C16H18FN3O4/c1-16(7-13(21)10(8-20(2)3)14(22)19-16)11-6-9(18-15(23)24)4-5-12(11)17/h4-6,8,18H,7H2,1-3H3,(H,19,22)(H,23,24). The molecule has 1 fully saturated rings. The molecule has 0 aromatic heterocycles. The number of carboxylic acid groups (broad SMARTS) is 1. The molecule has 2 rings (SSSR count). The van der Waals surface area contributed by atoms with Gasteiger partial charge in [0.15, 0.2) is 5.78 Å². The Balaban J connectivity index is 2.40. The lowest BCUT2D eigenvalue weighted by Crippen LogP contribution is -2.52. The van der Waals surface area contributed by atoms with Crippen LogP contribution in [0.2, 0.25) is 0 Å². The summed E-state index contributed by atoms with van der Waals surface area (Å²) < 4.78 is 14.2. The van der Waals surface area contributed by atoms with E-state index in [1.54, 1.807) is 19.0 Å². The monoisotopic (exact) mass is 335 g/mol. The number of benzene rings is 1. The number of hydrogen-bond acceptors (Lipinski definition) is 4. The lowest BCUT2D eigenvalue weighted by atomic mass is 9.81. The van der Waals surface area contributed by atoms with Crippen molar-refractivity contribution in [2.24, 2.45) is 0 Å². The van der Waals surface area contributed by atoms with Gasteiger partial charge in [0.1, 0.15) is 5.82 Å². The fourth-order valence-corrected chi connectivity index (χ4v) is 2.61. The number of halogens is 1. The molecule has 8 heteroatoms. The van der Waals surface area contributed by atoms with Crippen LogP contribution in [0.4, 0.5) is 14.9 Å². The first kappa shape index (κ1) is 17.5. The van der Waals surface area contributed by atoms with Crippen molar-refractivity contribution in [2.75, 3.05) is 19.4 Å². The van der Waals surface area contributed by atoms with E-state index < -0.39 is 29.1 Å². The summed E-state index contributed by atoms with van der Waals surface area (Å²) in [5, 5.41) is 13.5. The van der Waals surface area contributed by atoms with Gasteiger partial charge in [0.25, 0.3) is 5.91 Å². The van der Waals surface area contributed by atoms with Crippen molar-refractivity contribution in [3.8, 4) is 0 Å². The van der Waals surface area contributed by atoms with E-state index >= 15 is 0 Å². The van der Waals surface area contributed by atoms with Gasteiger partial charge in [-0.2, -0.15) is 0 Å². The molecule has 3 N–H and O–H groups in total. The largest absolute Gasteiger partial charge is 0.465 e. The third-order valence-corrected chi connectivity index (χ3v) is 3.65. The predicted octanol–water partition coefficient (Wildman–Crippen LogP) is 1.67. The zero-order valence-corrected chi connectivity index (χ0v) is 13.5. The van der Waals surface area contributed by atoms with Gasteiger partial charge in [0, 0.05) is 38.0 Å². The predicted molar refractivity (Wildman–Crippen MR) is 84.9 cm³/mol. The maximum atomic E-state index is 14.2. The number of carbonyl (C=O) groups excluding carboxylic acids is 2. The SMILES string of the molecule is CN(C)C=C1C(=O)CC(C)(c2cc(NC(=O)O)ccc2F)NC1=O. The summed E-state index contributed by atoms with van der Waals surface area (Å²) in [5.74, 6) is -1.65. The van der Waals surface area contributed by atoms with Crippen LogP contribution in [0, 0.1) is 5.82 Å². The van der Waals surface area contributed by atoms with E-state index in [9.17, 15) is 18.8 Å². The Morgan fingerprint density at radius 1 is 1.42 bits per heavy atom. The molecule has 1 unspecified atom stereocenters. The minimum absolute atomic E-state index is 0.00213. The van der Waals surface area contributed by atoms with Crippen LogP contribution in [0.15, 0.2) is 30.0 Å². The smallest absolute Gasteiger partial charge is 0.409 e. The Morgan fingerprint density at radius 3 is 2.62 bits per heavy atom. The molecule has 1 atom stereocenters. The second kappa shape index (κ2) is 6.31. The summed E-state index contributed by atoms with van der Waals surface area (Å²) in [6.07, 6.45) is -0.0142. The number of anilines is 1. The van der Waals surface area contributed by atoms with Crippen LogP contribution in [-0.2, 0) is 15.1 Å². The van der Waals surface area contributed by atoms with Crippen molar-refractivity contribution in [2.45, 2.75) is 18.9 Å². The maximum absolute atomic E-state index is 14.2. The number of Topliss-reactive ketones (excluding diaryl/α,β-unsaturated/α-hetero) is 1. The van der Waals surface area contributed by atoms with Gasteiger partial charge in [-0.15, -0.1) is 0 Å². The molecule has 1 aliphatic heterocycles. The normalized spacial score (nSPS) is 22.2. The molecule has 1 aromatic rings. The van der Waals surface area contributed by atoms with E-state index in [0.29, 0.717) is 0 Å². The summed E-state index contributed by atoms with van der Waals surface area (Å²) in [5.41, 5.74) is -1.08. The van der Waals surface area contributed by atoms with Gasteiger partial charge < -0.3 is 15.3 Å². The number of ketones is 1. The molecule has 1 saturated heterocycles. The van der Waals surface area contributed by atoms with Gasteiger partial charge >= 0.3 is 6.09 Å². The van der Waals surface area contributed by atoms with E-state index in [4.69, 9.17) is 5.11 Å². The number of piperidine rings is 1. The van der Waals surface area contributed by atoms with Crippen molar-refractivity contribution in [1.29, 1.82) is 0 Å². The highest BCUT2D eigenvalue weighted by molar-refractivity contribution is 6.21. The zero-order chi connectivity index (χ0) is 18.1. The van der Waals surface area contributed by atoms with Crippen LogP contribution in [0.25, 0.3) is 0 Å². The summed E-state index contributed by atoms with van der Waals surface area (Å²) in [7, 11) is 3.37. The van der Waals surface area contributed by atoms with E-state index in [0.717, 1.165) is 6.07 Å². The number of nitrogens with zero attached hydrogens (tertiary/aromatic N) is 1. The van der Waals surface area contributed by atoms with E-state index in [1.165, 1.54) is 25.3 Å². The fourth-order valence-electron chi connectivity index (χ4n) is 2.61. The van der Waals surface area contributed by atoms with E-state index in [-0.39, 0.29) is 23.2 Å². The Bertz CT molecular complexity index is 723. The topological polar surface area (TPSA) is 98.7 Å². The Hall–Kier alpha value is -2.90. The molecule has 24 heavy (non-hydrogen) atoms. The summed E-state index contributed by atoms with van der Waals surface area (Å²) >= 11 is 0. The molecule has 7 nitrogen and oxygen atoms in total. The van der Waals surface area contributed by atoms with Crippen LogP contribution in [-0.4, -0.2) is 41.9 Å². The molecular formula is C16H18FN3O4. The minimum Gasteiger partial charge on any atom is -0.465 e. The van der Waals surface area contributed by atoms with Gasteiger partial charge in [-0.25, -0.2) is 9.18 Å². The summed E-state index contributed by atoms with van der Waals surface area (Å²) in [4.78, 5) is 36.9. The second-order valence-electron chi connectivity index (χ2n) is 6.02. The van der Waals surface area contributed by atoms with Gasteiger partial charge in [0.2, 0.25) is 0 Å². The quantitative estimate of drug-likeness (QED) is 0.576. The highest BCUT2D eigenvalue weighted by Crippen LogP contribution is 2.33. The molecule has 0 aliphatic carbocycles. The van der Waals surface area contributed by atoms with Crippen LogP contribution in [0.1, 0.15) is 18.9 Å². The van der Waals surface area contributed by atoms with Crippen LogP contribution >= 0.6 is 0 Å². The first-order chi connectivity index (χ1) is 11.1. The van der Waals surface area contributed by atoms with Gasteiger partial charge in [0.05, 0.1) is 11.1 Å². The van der Waals surface area contributed by atoms with E-state index in [1.807, 2.05) is 0 Å². The maximum Gasteiger partial charge on any atom is 0.409 e. The molecule has 0 radical (unpaired) electrons. The molecule has 0 saturated carbocycles. The minimum atomic E-state index is -1.29. The molecule has 0 bridgehead atoms. The lowest BCUT2D eigenvalue weighted by molar-refractivity contribution is -0.128. The first-order valence-electron chi connectivity index (χ1n) is 7.16. The average molecular weight is 335 g/mol. The highest BCUT2D eigenvalue weighted by Gasteiger charge is 2.41. The Morgan fingerprint density at radius 2 is 2.08 bits per heavy atom. The summed E-state index contributed by atoms with van der Waals surface area (Å²) in [6, 6.07) is 3.63. The molecule has 0 spiro atoms. The van der Waals surface area contributed by atoms with E-state index in [2.05, 4.69) is 10.6 Å². The average Bonchev–Trinajstić information content (AvgIpc) is 2.44. The number of rotatable bonds is 3. The van der Waals surface area contributed by atoms with Crippen molar-refractivity contribution in [3.05, 3.63) is 41.4 Å². The lowest BCUT2D eigenvalue weighted by Gasteiger charge is -2.35. The molecular weight excluding hydrogens is 317 g/mol. The summed E-state index contributed by atoms with van der Waals surface area (Å²) in [6.45, 7) is 1.53. The Labute approximate surface area is 138 Å². The number of carbonyl (C=O) groups is 3. The van der Waals surface area contributed by atoms with Gasteiger partial charge in [-0.3, -0.25) is 14.9 Å². The van der Waals surface area contributed by atoms with Crippen LogP contribution in [0.5, 0.6) is 0 Å². The fraction of sp³-hybridized carbons (Fsp3) is 0.312. The van der Waals surface area contributed by atoms with Crippen molar-refractivity contribution >= 4 is 23.5 Å². The number of hydrogen-bond donors (Lipinski definition) is 3.